The molecule has 1 aliphatic carbocycles. The Bertz CT molecular complexity index is 948. The van der Waals surface area contributed by atoms with Gasteiger partial charge >= 0.3 is 0 Å². The third kappa shape index (κ3) is 3.40. The van der Waals surface area contributed by atoms with Gasteiger partial charge in [0.25, 0.3) is 5.91 Å². The summed E-state index contributed by atoms with van der Waals surface area (Å²) in [5, 5.41) is 3.39. The Hall–Kier alpha value is -1.48. The minimum Gasteiger partial charge on any atom is -0.371 e. The molecule has 1 saturated carbocycles. The number of ether oxygens (including phenoxy) is 1. The van der Waals surface area contributed by atoms with Crippen LogP contribution in [0.2, 0.25) is 0 Å². The van der Waals surface area contributed by atoms with Gasteiger partial charge in [0.05, 0.1) is 22.8 Å². The zero-order chi connectivity index (χ0) is 19.0. The first kappa shape index (κ1) is 18.9. The predicted octanol–water partition coefficient (Wildman–Crippen LogP) is 2.91. The number of hydrogen-bond acceptors (Lipinski definition) is 5. The smallest absolute Gasteiger partial charge is 0.261 e. The maximum Gasteiger partial charge on any atom is 0.261 e. The van der Waals surface area contributed by atoms with Crippen LogP contribution in [0.5, 0.6) is 0 Å². The highest BCUT2D eigenvalue weighted by molar-refractivity contribution is 7.89. The van der Waals surface area contributed by atoms with Gasteiger partial charge in [0.1, 0.15) is 0 Å². The maximum absolute atomic E-state index is 13.0. The van der Waals surface area contributed by atoms with Crippen molar-refractivity contribution >= 4 is 37.4 Å². The number of benzene rings is 1. The summed E-state index contributed by atoms with van der Waals surface area (Å²) in [6, 6.07) is 7.82. The third-order valence-corrected chi connectivity index (χ3v) is 9.05. The van der Waals surface area contributed by atoms with Gasteiger partial charge in [-0.25, -0.2) is 8.42 Å². The first-order valence-corrected chi connectivity index (χ1v) is 11.7. The molecule has 146 valence electrons. The molecule has 1 aromatic heterocycles. The number of carbonyl (C=O) groups excluding carboxylic acids is 1. The molecule has 6 nitrogen and oxygen atoms in total. The normalized spacial score (nSPS) is 22.3. The lowest BCUT2D eigenvalue weighted by Crippen LogP contribution is -2.45. The quantitative estimate of drug-likeness (QED) is 0.844. The molecule has 1 N–H and O–H groups in total. The van der Waals surface area contributed by atoms with Crippen LogP contribution in [0.3, 0.4) is 0 Å². The van der Waals surface area contributed by atoms with Crippen LogP contribution in [0.15, 0.2) is 24.3 Å². The van der Waals surface area contributed by atoms with E-state index in [1.807, 2.05) is 24.3 Å². The van der Waals surface area contributed by atoms with Gasteiger partial charge in [-0.05, 0) is 24.3 Å². The molecular formula is C19H24N2O4S2. The molecule has 2 aliphatic rings. The van der Waals surface area contributed by atoms with Crippen molar-refractivity contribution in [3.63, 3.8) is 0 Å². The van der Waals surface area contributed by atoms with Gasteiger partial charge in [-0.1, -0.05) is 31.0 Å². The molecule has 2 aromatic rings. The number of nitrogens with zero attached hydrogens (tertiary/aromatic N) is 1. The Morgan fingerprint density at radius 3 is 2.74 bits per heavy atom. The first-order chi connectivity index (χ1) is 13.0. The maximum atomic E-state index is 13.0. The Morgan fingerprint density at radius 1 is 1.26 bits per heavy atom. The van der Waals surface area contributed by atoms with E-state index < -0.39 is 16.1 Å². The van der Waals surface area contributed by atoms with E-state index in [1.54, 1.807) is 11.4 Å². The summed E-state index contributed by atoms with van der Waals surface area (Å²) in [5.41, 5.74) is 0.807. The van der Waals surface area contributed by atoms with Crippen molar-refractivity contribution in [1.29, 1.82) is 0 Å². The van der Waals surface area contributed by atoms with E-state index in [4.69, 9.17) is 4.74 Å². The minimum absolute atomic E-state index is 0.162. The van der Waals surface area contributed by atoms with Crippen LogP contribution in [-0.2, 0) is 14.8 Å². The number of amides is 1. The molecule has 1 saturated heterocycles. The summed E-state index contributed by atoms with van der Waals surface area (Å²) >= 11 is 1.42. The number of fused-ring (bicyclic) bond motifs is 1. The Kier molecular flexibility index (Phi) is 5.24. The van der Waals surface area contributed by atoms with Crippen LogP contribution in [0.25, 0.3) is 10.1 Å². The van der Waals surface area contributed by atoms with Crippen molar-refractivity contribution in [1.82, 2.24) is 9.62 Å². The van der Waals surface area contributed by atoms with Crippen molar-refractivity contribution < 1.29 is 17.9 Å². The van der Waals surface area contributed by atoms with Crippen molar-refractivity contribution in [3.8, 4) is 0 Å². The van der Waals surface area contributed by atoms with E-state index >= 15 is 0 Å². The summed E-state index contributed by atoms with van der Waals surface area (Å²) < 4.78 is 34.6. The standard InChI is InChI=1S/C19H24N2O4S2/c1-20-19(22)18-17(14-8-4-5-9-16(14)26-18)15-12-21(10-11-25-15)27(23,24)13-6-2-3-7-13/h4-5,8-9,13,15H,2-3,6-7,10-12H2,1H3,(H,20,22)/t15-/m1/s1. The summed E-state index contributed by atoms with van der Waals surface area (Å²) in [5.74, 6) is -0.162. The van der Waals surface area contributed by atoms with Crippen LogP contribution < -0.4 is 5.32 Å². The second kappa shape index (κ2) is 7.50. The molecule has 4 rings (SSSR count). The van der Waals surface area contributed by atoms with E-state index in [9.17, 15) is 13.2 Å². The van der Waals surface area contributed by atoms with Crippen LogP contribution in [-0.4, -0.2) is 50.6 Å². The van der Waals surface area contributed by atoms with E-state index in [0.717, 1.165) is 41.3 Å². The number of sulfonamides is 1. The van der Waals surface area contributed by atoms with Crippen molar-refractivity contribution in [3.05, 3.63) is 34.7 Å². The van der Waals surface area contributed by atoms with Gasteiger partial charge in [0.15, 0.2) is 0 Å². The molecule has 2 fully saturated rings. The highest BCUT2D eigenvalue weighted by Gasteiger charge is 2.38. The summed E-state index contributed by atoms with van der Waals surface area (Å²) in [4.78, 5) is 13.0. The average Bonchev–Trinajstić information content (AvgIpc) is 3.35. The molecule has 27 heavy (non-hydrogen) atoms. The SMILES string of the molecule is CNC(=O)c1sc2ccccc2c1[C@H]1CN(S(=O)(=O)C2CCCC2)CCO1. The molecule has 1 aromatic carbocycles. The molecule has 1 amide bonds. The number of rotatable bonds is 4. The number of hydrogen-bond donors (Lipinski definition) is 1. The van der Waals surface area contributed by atoms with Crippen molar-refractivity contribution in [2.75, 3.05) is 26.7 Å². The molecule has 0 radical (unpaired) electrons. The number of morpholine rings is 1. The summed E-state index contributed by atoms with van der Waals surface area (Å²) in [6.45, 7) is 0.990. The lowest BCUT2D eigenvalue weighted by atomic mass is 10.0. The topological polar surface area (TPSA) is 75.7 Å². The molecule has 0 bridgehead atoms. The number of thiophene rings is 1. The molecule has 0 unspecified atom stereocenters. The highest BCUT2D eigenvalue weighted by Crippen LogP contribution is 2.39. The van der Waals surface area contributed by atoms with Crippen LogP contribution in [0.4, 0.5) is 0 Å². The fourth-order valence-corrected chi connectivity index (χ4v) is 7.32. The van der Waals surface area contributed by atoms with Gasteiger partial charge in [0, 0.05) is 30.4 Å². The van der Waals surface area contributed by atoms with E-state index in [0.29, 0.717) is 18.0 Å². The Balaban J connectivity index is 1.70. The van der Waals surface area contributed by atoms with E-state index in [1.165, 1.54) is 11.3 Å². The van der Waals surface area contributed by atoms with Gasteiger partial charge in [0.2, 0.25) is 10.0 Å². The molecule has 2 heterocycles. The Labute approximate surface area is 163 Å². The van der Waals surface area contributed by atoms with Crippen LogP contribution in [0.1, 0.15) is 47.0 Å². The summed E-state index contributed by atoms with van der Waals surface area (Å²) in [7, 11) is -1.72. The monoisotopic (exact) mass is 408 g/mol. The van der Waals surface area contributed by atoms with Crippen molar-refractivity contribution in [2.45, 2.75) is 37.0 Å². The summed E-state index contributed by atoms with van der Waals surface area (Å²) in [6.07, 6.45) is 3.02. The number of carbonyl (C=O) groups is 1. The van der Waals surface area contributed by atoms with E-state index in [-0.39, 0.29) is 17.7 Å². The molecule has 1 atom stereocenters. The fourth-order valence-electron chi connectivity index (χ4n) is 4.10. The average molecular weight is 409 g/mol. The molecule has 8 heteroatoms. The van der Waals surface area contributed by atoms with Crippen LogP contribution in [0, 0.1) is 0 Å². The van der Waals surface area contributed by atoms with Gasteiger partial charge < -0.3 is 10.1 Å². The molecule has 0 spiro atoms. The lowest BCUT2D eigenvalue weighted by Gasteiger charge is -2.34. The number of nitrogens with one attached hydrogen (secondary N) is 1. The fraction of sp³-hybridized carbons (Fsp3) is 0.526. The van der Waals surface area contributed by atoms with E-state index in [2.05, 4.69) is 5.32 Å². The second-order valence-corrected chi connectivity index (χ2v) is 10.4. The zero-order valence-electron chi connectivity index (χ0n) is 15.3. The third-order valence-electron chi connectivity index (χ3n) is 5.50. The largest absolute Gasteiger partial charge is 0.371 e. The minimum atomic E-state index is -3.32. The highest BCUT2D eigenvalue weighted by atomic mass is 32.2. The van der Waals surface area contributed by atoms with Gasteiger partial charge in [-0.15, -0.1) is 11.3 Å². The van der Waals surface area contributed by atoms with Gasteiger partial charge in [-0.2, -0.15) is 4.31 Å². The second-order valence-electron chi connectivity index (χ2n) is 7.09. The zero-order valence-corrected chi connectivity index (χ0v) is 16.9. The lowest BCUT2D eigenvalue weighted by molar-refractivity contribution is -0.00218. The van der Waals surface area contributed by atoms with Crippen molar-refractivity contribution in [2.24, 2.45) is 0 Å². The molecule has 1 aliphatic heterocycles. The molecular weight excluding hydrogens is 384 g/mol. The Morgan fingerprint density at radius 2 is 2.00 bits per heavy atom. The van der Waals surface area contributed by atoms with Gasteiger partial charge in [-0.3, -0.25) is 4.79 Å². The predicted molar refractivity (Wildman–Crippen MR) is 107 cm³/mol. The van der Waals surface area contributed by atoms with Crippen LogP contribution >= 0.6 is 11.3 Å². The first-order valence-electron chi connectivity index (χ1n) is 9.36.